The van der Waals surface area contributed by atoms with Gasteiger partial charge < -0.3 is 30.3 Å². The predicted molar refractivity (Wildman–Crippen MR) is 179 cm³/mol. The molecule has 0 saturated carbocycles. The summed E-state index contributed by atoms with van der Waals surface area (Å²) in [4.78, 5) is 26.7. The summed E-state index contributed by atoms with van der Waals surface area (Å²) in [6.45, 7) is 1.51. The van der Waals surface area contributed by atoms with Crippen LogP contribution in [-0.4, -0.2) is 101 Å². The van der Waals surface area contributed by atoms with E-state index in [0.717, 1.165) is 30.4 Å². The number of likely N-dealkylation sites (N-methyl/N-ethyl adjacent to an activating group) is 1. The van der Waals surface area contributed by atoms with Crippen LogP contribution in [0.2, 0.25) is 0 Å². The van der Waals surface area contributed by atoms with Gasteiger partial charge in [0.15, 0.2) is 0 Å². The summed E-state index contributed by atoms with van der Waals surface area (Å²) in [7, 11) is -0.899. The molecule has 2 aromatic carbocycles. The average Bonchev–Trinajstić information content (AvgIpc) is 3.34. The van der Waals surface area contributed by atoms with E-state index in [2.05, 4.69) is 22.5 Å². The molecule has 1 aromatic heterocycles. The molecule has 0 unspecified atom stereocenters. The van der Waals surface area contributed by atoms with Crippen molar-refractivity contribution in [1.29, 1.82) is 0 Å². The Labute approximate surface area is 285 Å². The Morgan fingerprint density at radius 2 is 1.88 bits per heavy atom. The number of aliphatic hydroxyl groups excluding tert-OH is 1. The van der Waals surface area contributed by atoms with Gasteiger partial charge in [-0.15, -0.1) is 11.3 Å². The smallest absolute Gasteiger partial charge is 0.393 e. The van der Waals surface area contributed by atoms with Crippen LogP contribution in [0.15, 0.2) is 35.2 Å². The predicted octanol–water partition coefficient (Wildman–Crippen LogP) is 3.77. The highest BCUT2D eigenvalue weighted by Crippen LogP contribution is 2.39. The summed E-state index contributed by atoms with van der Waals surface area (Å²) in [6.07, 6.45) is -4.35. The first-order valence-electron chi connectivity index (χ1n) is 15.2. The Morgan fingerprint density at radius 1 is 1.16 bits per heavy atom. The zero-order chi connectivity index (χ0) is 35.9. The fraction of sp³-hybridized carbons (Fsp3) is 0.438. The molecule has 17 heteroatoms. The second-order valence-electron chi connectivity index (χ2n) is 11.6. The van der Waals surface area contributed by atoms with Crippen molar-refractivity contribution in [3.63, 3.8) is 0 Å². The van der Waals surface area contributed by atoms with Gasteiger partial charge in [-0.2, -0.15) is 13.2 Å². The number of fused-ring (bicyclic) bond motifs is 1. The lowest BCUT2D eigenvalue weighted by Gasteiger charge is -2.33. The molecule has 1 aliphatic rings. The number of hydrogen-bond acceptors (Lipinski definition) is 10. The number of benzene rings is 2. The van der Waals surface area contributed by atoms with Gasteiger partial charge in [-0.1, -0.05) is 24.0 Å². The highest BCUT2D eigenvalue weighted by atomic mass is 32.2. The first-order chi connectivity index (χ1) is 23.1. The molecule has 4 rings (SSSR count). The first kappa shape index (κ1) is 37.7. The maximum Gasteiger partial charge on any atom is 0.393 e. The number of thiophene rings is 1. The highest BCUT2D eigenvalue weighted by molar-refractivity contribution is 7.90. The van der Waals surface area contributed by atoms with E-state index in [1.807, 2.05) is 23.9 Å². The Morgan fingerprint density at radius 3 is 2.51 bits per heavy atom. The molecule has 0 bridgehead atoms. The molecule has 49 heavy (non-hydrogen) atoms. The fourth-order valence-corrected chi connectivity index (χ4v) is 7.52. The number of anilines is 2. The number of piperidine rings is 1. The van der Waals surface area contributed by atoms with Gasteiger partial charge in [0, 0.05) is 38.2 Å². The number of nitrogens with one attached hydrogen (secondary N) is 3. The fourth-order valence-electron chi connectivity index (χ4n) is 5.29. The van der Waals surface area contributed by atoms with Crippen LogP contribution in [-0.2, 0) is 26.0 Å². The average molecular weight is 728 g/mol. The van der Waals surface area contributed by atoms with Gasteiger partial charge in [0.05, 0.1) is 47.1 Å². The number of ether oxygens (including phenoxy) is 1. The van der Waals surface area contributed by atoms with Gasteiger partial charge in [-0.3, -0.25) is 9.59 Å². The number of alkyl halides is 3. The number of rotatable bonds is 12. The van der Waals surface area contributed by atoms with Crippen LogP contribution in [0.25, 0.3) is 10.1 Å². The highest BCUT2D eigenvalue weighted by Gasteiger charge is 2.32. The third-order valence-electron chi connectivity index (χ3n) is 7.37. The standard InChI is InChI=1S/C32H37F4N5O6S2/c1-20(43)39-49(45,46)29-17-27(47-15-14-42)26(16-24(29)33)37-11-5-8-28-23(18-32(34,35)36)22-6-4-7-25(31(22)48-28)38-21-9-12-41(13-10-21)30(44)19-40(2)3/h4,6-7,16-17,21,37-38,42H,9-15,18-19H2,1-3H3,(H,39,43). The molecular formula is C32H37F4N5O6S2. The van der Waals surface area contributed by atoms with Crippen molar-refractivity contribution in [2.45, 2.75) is 43.3 Å². The number of carbonyl (C=O) groups is 2. The summed E-state index contributed by atoms with van der Waals surface area (Å²) in [6, 6.07) is 6.79. The van der Waals surface area contributed by atoms with Crippen molar-refractivity contribution in [2.24, 2.45) is 0 Å². The van der Waals surface area contributed by atoms with Gasteiger partial charge in [-0.05, 0) is 44.0 Å². The van der Waals surface area contributed by atoms with Crippen LogP contribution in [0.3, 0.4) is 0 Å². The largest absolute Gasteiger partial charge is 0.489 e. The lowest BCUT2D eigenvalue weighted by Crippen LogP contribution is -2.45. The molecule has 4 N–H and O–H groups in total. The maximum absolute atomic E-state index is 14.9. The SMILES string of the molecule is CC(=O)NS(=O)(=O)c1cc(OCCO)c(NCC#Cc2sc3c(NC4CCN(C(=O)CN(C)C)CC4)cccc3c2CC(F)(F)F)cc1F. The third-order valence-corrected chi connectivity index (χ3v) is 10.0. The molecular weight excluding hydrogens is 691 g/mol. The van der Waals surface area contributed by atoms with Crippen molar-refractivity contribution in [3.8, 4) is 17.6 Å². The molecule has 1 fully saturated rings. The van der Waals surface area contributed by atoms with E-state index < -0.39 is 45.8 Å². The van der Waals surface area contributed by atoms with Crippen molar-refractivity contribution >= 4 is 54.6 Å². The van der Waals surface area contributed by atoms with E-state index in [1.54, 1.807) is 22.9 Å². The van der Waals surface area contributed by atoms with Gasteiger partial charge in [0.1, 0.15) is 23.1 Å². The molecule has 3 aromatic rings. The lowest BCUT2D eigenvalue weighted by atomic mass is 10.0. The van der Waals surface area contributed by atoms with Crippen LogP contribution in [0, 0.1) is 17.7 Å². The van der Waals surface area contributed by atoms with E-state index in [0.29, 0.717) is 48.2 Å². The van der Waals surface area contributed by atoms with Crippen molar-refractivity contribution in [2.75, 3.05) is 64.1 Å². The second kappa shape index (κ2) is 16.1. The minimum Gasteiger partial charge on any atom is -0.489 e. The van der Waals surface area contributed by atoms with Gasteiger partial charge in [0.2, 0.25) is 11.8 Å². The number of nitrogens with zero attached hydrogens (tertiary/aromatic N) is 2. The zero-order valence-corrected chi connectivity index (χ0v) is 28.7. The topological polar surface area (TPSA) is 140 Å². The maximum atomic E-state index is 14.9. The Balaban J connectivity index is 1.57. The molecule has 0 radical (unpaired) electrons. The first-order valence-corrected chi connectivity index (χ1v) is 17.5. The number of halogens is 4. The summed E-state index contributed by atoms with van der Waals surface area (Å²) in [5.74, 6) is 3.31. The Hall–Kier alpha value is -4.11. The number of carbonyl (C=O) groups excluding carboxylic acids is 2. The van der Waals surface area contributed by atoms with E-state index in [1.165, 1.54) is 0 Å². The molecule has 2 heterocycles. The number of hydrogen-bond donors (Lipinski definition) is 4. The van der Waals surface area contributed by atoms with Gasteiger partial charge in [0.25, 0.3) is 10.0 Å². The van der Waals surface area contributed by atoms with E-state index in [-0.39, 0.29) is 47.0 Å². The molecule has 11 nitrogen and oxygen atoms in total. The van der Waals surface area contributed by atoms with Crippen LogP contribution in [0.4, 0.5) is 28.9 Å². The summed E-state index contributed by atoms with van der Waals surface area (Å²) >= 11 is 1.12. The molecule has 1 aliphatic heterocycles. The van der Waals surface area contributed by atoms with E-state index in [9.17, 15) is 40.7 Å². The van der Waals surface area contributed by atoms with E-state index >= 15 is 0 Å². The zero-order valence-electron chi connectivity index (χ0n) is 27.0. The number of likely N-dealkylation sites (tertiary alicyclic amines) is 1. The van der Waals surface area contributed by atoms with Crippen molar-refractivity contribution < 1.29 is 45.4 Å². The monoisotopic (exact) mass is 727 g/mol. The van der Waals surface area contributed by atoms with Crippen LogP contribution < -0.4 is 20.1 Å². The summed E-state index contributed by atoms with van der Waals surface area (Å²) in [5, 5.41) is 15.8. The molecule has 0 spiro atoms. The molecule has 2 amide bonds. The number of aliphatic hydroxyl groups is 1. The van der Waals surface area contributed by atoms with Crippen LogP contribution in [0.1, 0.15) is 30.2 Å². The van der Waals surface area contributed by atoms with E-state index in [4.69, 9.17) is 4.74 Å². The lowest BCUT2D eigenvalue weighted by molar-refractivity contribution is -0.132. The van der Waals surface area contributed by atoms with Crippen LogP contribution >= 0.6 is 11.3 Å². The summed E-state index contributed by atoms with van der Waals surface area (Å²) < 4.78 is 88.5. The quantitative estimate of drug-likeness (QED) is 0.162. The number of amides is 2. The van der Waals surface area contributed by atoms with Crippen molar-refractivity contribution in [1.82, 2.24) is 14.5 Å². The minimum atomic E-state index is -4.56. The third kappa shape index (κ3) is 10.2. The van der Waals surface area contributed by atoms with Crippen molar-refractivity contribution in [3.05, 3.63) is 46.6 Å². The minimum absolute atomic E-state index is 0.0168. The normalized spacial score (nSPS) is 14.0. The molecule has 0 atom stereocenters. The van der Waals surface area contributed by atoms with Gasteiger partial charge >= 0.3 is 6.18 Å². The summed E-state index contributed by atoms with van der Waals surface area (Å²) in [5.41, 5.74) is 0.666. The Kier molecular flexibility index (Phi) is 12.4. The van der Waals surface area contributed by atoms with Crippen LogP contribution in [0.5, 0.6) is 5.75 Å². The molecule has 0 aliphatic carbocycles. The second-order valence-corrected chi connectivity index (χ2v) is 14.3. The molecule has 1 saturated heterocycles. The molecule has 266 valence electrons. The Bertz CT molecular complexity index is 1850. The number of sulfonamides is 1. The van der Waals surface area contributed by atoms with Gasteiger partial charge in [-0.25, -0.2) is 17.5 Å².